The van der Waals surface area contributed by atoms with Gasteiger partial charge < -0.3 is 4.42 Å². The van der Waals surface area contributed by atoms with Crippen LogP contribution in [0.1, 0.15) is 61.7 Å². The number of aryl methyl sites for hydroxylation is 1. The van der Waals surface area contributed by atoms with Gasteiger partial charge in [-0.3, -0.25) is 4.90 Å². The first-order valence-electron chi connectivity index (χ1n) is 10.9. The quantitative estimate of drug-likeness (QED) is 0.580. The Bertz CT molecular complexity index is 953. The standard InChI is InChI=1S/C23H31ClN2O3S.ClH/c1-16-14-25-23(29-16)18-5-9-20(10-6-18)26-15-22(30(2,27)28)12-11-21(26)13-17-3-7-19(24)8-4-17;/h3-4,7-8,14,18,20-22H,5-6,9-13,15H2,1-2H3;1H/t18?,20?,21-,22-;/m1./s1. The van der Waals surface area contributed by atoms with E-state index in [4.69, 9.17) is 16.0 Å². The smallest absolute Gasteiger partial charge is 0.197 e. The molecule has 1 aliphatic carbocycles. The summed E-state index contributed by atoms with van der Waals surface area (Å²) >= 11 is 6.05. The number of hydrogen-bond acceptors (Lipinski definition) is 5. The molecule has 2 heterocycles. The predicted octanol–water partition coefficient (Wildman–Crippen LogP) is 5.20. The molecule has 2 aromatic rings. The van der Waals surface area contributed by atoms with Crippen LogP contribution in [0.2, 0.25) is 5.02 Å². The number of aromatic nitrogens is 1. The minimum Gasteiger partial charge on any atom is -0.446 e. The van der Waals surface area contributed by atoms with E-state index in [1.165, 1.54) is 11.8 Å². The van der Waals surface area contributed by atoms with Crippen molar-refractivity contribution in [2.45, 2.75) is 75.1 Å². The molecule has 31 heavy (non-hydrogen) atoms. The fourth-order valence-corrected chi connectivity index (χ4v) is 6.28. The Morgan fingerprint density at radius 2 is 1.77 bits per heavy atom. The number of sulfone groups is 1. The third-order valence-corrected chi connectivity index (χ3v) is 8.70. The number of benzene rings is 1. The highest BCUT2D eigenvalue weighted by molar-refractivity contribution is 7.91. The third-order valence-electron chi connectivity index (χ3n) is 6.85. The van der Waals surface area contributed by atoms with E-state index in [9.17, 15) is 8.42 Å². The molecule has 5 nitrogen and oxygen atoms in total. The van der Waals surface area contributed by atoms with Crippen molar-refractivity contribution in [1.29, 1.82) is 0 Å². The van der Waals surface area contributed by atoms with Crippen molar-refractivity contribution in [1.82, 2.24) is 9.88 Å². The Morgan fingerprint density at radius 3 is 2.35 bits per heavy atom. The Labute approximate surface area is 196 Å². The molecule has 2 aliphatic rings. The van der Waals surface area contributed by atoms with Gasteiger partial charge in [-0.05, 0) is 69.6 Å². The van der Waals surface area contributed by atoms with Crippen molar-refractivity contribution < 1.29 is 12.8 Å². The van der Waals surface area contributed by atoms with E-state index in [0.717, 1.165) is 61.6 Å². The Kier molecular flexibility index (Phi) is 8.11. The number of hydrogen-bond donors (Lipinski definition) is 0. The van der Waals surface area contributed by atoms with E-state index >= 15 is 0 Å². The fraction of sp³-hybridized carbons (Fsp3) is 0.609. The number of piperidine rings is 1. The molecule has 0 radical (unpaired) electrons. The monoisotopic (exact) mass is 486 g/mol. The molecule has 1 saturated heterocycles. The van der Waals surface area contributed by atoms with Crippen LogP contribution in [0.25, 0.3) is 0 Å². The number of rotatable bonds is 5. The fourth-order valence-electron chi connectivity index (χ4n) is 5.14. The first-order chi connectivity index (χ1) is 14.3. The maximum absolute atomic E-state index is 12.3. The average molecular weight is 487 g/mol. The SMILES string of the molecule is Cc1cnc(C2CCC(N3C[C@H](S(C)(=O)=O)CC[C@@H]3Cc3ccc(Cl)cc3)CC2)o1.Cl. The molecule has 1 saturated carbocycles. The van der Waals surface area contributed by atoms with Crippen LogP contribution < -0.4 is 0 Å². The molecule has 0 bridgehead atoms. The summed E-state index contributed by atoms with van der Waals surface area (Å²) in [5.41, 5.74) is 1.26. The Morgan fingerprint density at radius 1 is 1.10 bits per heavy atom. The van der Waals surface area contributed by atoms with Gasteiger partial charge in [-0.15, -0.1) is 12.4 Å². The summed E-state index contributed by atoms with van der Waals surface area (Å²) in [6.07, 6.45) is 9.97. The summed E-state index contributed by atoms with van der Waals surface area (Å²) in [6, 6.07) is 8.84. The van der Waals surface area contributed by atoms with Crippen molar-refractivity contribution >= 4 is 33.8 Å². The summed E-state index contributed by atoms with van der Waals surface area (Å²) in [5, 5.41) is 0.488. The van der Waals surface area contributed by atoms with Gasteiger partial charge >= 0.3 is 0 Å². The second-order valence-corrected chi connectivity index (χ2v) is 11.8. The van der Waals surface area contributed by atoms with Gasteiger partial charge in [0, 0.05) is 35.8 Å². The van der Waals surface area contributed by atoms with E-state index < -0.39 is 9.84 Å². The molecule has 2 atom stereocenters. The summed E-state index contributed by atoms with van der Waals surface area (Å²) in [5.74, 6) is 2.10. The summed E-state index contributed by atoms with van der Waals surface area (Å²) in [7, 11) is -3.03. The summed E-state index contributed by atoms with van der Waals surface area (Å²) < 4.78 is 30.3. The maximum atomic E-state index is 12.3. The van der Waals surface area contributed by atoms with Gasteiger partial charge in [-0.25, -0.2) is 13.4 Å². The van der Waals surface area contributed by atoms with E-state index in [-0.39, 0.29) is 17.7 Å². The molecule has 0 N–H and O–H groups in total. The van der Waals surface area contributed by atoms with Gasteiger partial charge in [0.2, 0.25) is 0 Å². The molecule has 1 aromatic carbocycles. The van der Waals surface area contributed by atoms with Crippen LogP contribution in [0.15, 0.2) is 34.9 Å². The second-order valence-electron chi connectivity index (χ2n) is 9.02. The zero-order valence-corrected chi connectivity index (χ0v) is 20.6. The molecule has 0 amide bonds. The maximum Gasteiger partial charge on any atom is 0.197 e. The van der Waals surface area contributed by atoms with Crippen molar-refractivity contribution in [2.24, 2.45) is 0 Å². The molecular weight excluding hydrogens is 455 g/mol. The molecule has 172 valence electrons. The molecule has 8 heteroatoms. The minimum absolute atomic E-state index is 0. The predicted molar refractivity (Wildman–Crippen MR) is 127 cm³/mol. The van der Waals surface area contributed by atoms with Crippen molar-refractivity contribution in [3.05, 3.63) is 52.7 Å². The minimum atomic E-state index is -3.03. The largest absolute Gasteiger partial charge is 0.446 e. The summed E-state index contributed by atoms with van der Waals surface area (Å²) in [4.78, 5) is 6.93. The molecule has 2 fully saturated rings. The number of likely N-dealkylation sites (tertiary alicyclic amines) is 1. The molecule has 0 spiro atoms. The van der Waals surface area contributed by atoms with Crippen molar-refractivity contribution in [2.75, 3.05) is 12.8 Å². The van der Waals surface area contributed by atoms with E-state index in [0.29, 0.717) is 24.5 Å². The summed E-state index contributed by atoms with van der Waals surface area (Å²) in [6.45, 7) is 2.58. The van der Waals surface area contributed by atoms with Crippen LogP contribution in [0, 0.1) is 6.92 Å². The molecule has 4 rings (SSSR count). The van der Waals surface area contributed by atoms with Gasteiger partial charge in [-0.1, -0.05) is 23.7 Å². The third kappa shape index (κ3) is 6.04. The van der Waals surface area contributed by atoms with E-state index in [2.05, 4.69) is 22.0 Å². The normalized spacial score (nSPS) is 27.6. The molecule has 1 aromatic heterocycles. The first-order valence-corrected chi connectivity index (χ1v) is 13.2. The zero-order chi connectivity index (χ0) is 21.3. The topological polar surface area (TPSA) is 63.4 Å². The van der Waals surface area contributed by atoms with Crippen LogP contribution in [0.5, 0.6) is 0 Å². The van der Waals surface area contributed by atoms with Crippen molar-refractivity contribution in [3.8, 4) is 0 Å². The van der Waals surface area contributed by atoms with Crippen LogP contribution in [-0.2, 0) is 16.3 Å². The highest BCUT2D eigenvalue weighted by atomic mass is 35.5. The van der Waals surface area contributed by atoms with Gasteiger partial charge in [0.05, 0.1) is 11.4 Å². The Hall–Kier alpha value is -1.08. The van der Waals surface area contributed by atoms with Gasteiger partial charge in [0.25, 0.3) is 0 Å². The van der Waals surface area contributed by atoms with Crippen LogP contribution in [-0.4, -0.2) is 48.4 Å². The number of oxazole rings is 1. The van der Waals surface area contributed by atoms with Crippen LogP contribution in [0.4, 0.5) is 0 Å². The lowest BCUT2D eigenvalue weighted by molar-refractivity contribution is 0.0687. The number of nitrogens with zero attached hydrogens (tertiary/aromatic N) is 2. The van der Waals surface area contributed by atoms with E-state index in [1.807, 2.05) is 19.1 Å². The van der Waals surface area contributed by atoms with Gasteiger partial charge in [0.1, 0.15) is 5.76 Å². The van der Waals surface area contributed by atoms with Gasteiger partial charge in [0.15, 0.2) is 15.7 Å². The zero-order valence-electron chi connectivity index (χ0n) is 18.2. The van der Waals surface area contributed by atoms with E-state index in [1.54, 1.807) is 6.20 Å². The van der Waals surface area contributed by atoms with Crippen LogP contribution >= 0.6 is 24.0 Å². The van der Waals surface area contributed by atoms with Gasteiger partial charge in [-0.2, -0.15) is 0 Å². The first kappa shape index (κ1) is 24.6. The Balaban J connectivity index is 0.00000272. The lowest BCUT2D eigenvalue weighted by Crippen LogP contribution is -2.53. The lowest BCUT2D eigenvalue weighted by atomic mass is 9.83. The lowest BCUT2D eigenvalue weighted by Gasteiger charge is -2.46. The molecule has 1 aliphatic heterocycles. The average Bonchev–Trinajstić information content (AvgIpc) is 3.16. The highest BCUT2D eigenvalue weighted by Crippen LogP contribution is 2.37. The van der Waals surface area contributed by atoms with Crippen molar-refractivity contribution in [3.63, 3.8) is 0 Å². The molecular formula is C23H32Cl2N2O3S. The number of halogens is 2. The molecule has 0 unspecified atom stereocenters. The van der Waals surface area contributed by atoms with Crippen LogP contribution in [0.3, 0.4) is 0 Å². The highest BCUT2D eigenvalue weighted by Gasteiger charge is 2.38. The second kappa shape index (κ2) is 10.2.